The number of hydrogen-bond acceptors (Lipinski definition) is 3. The van der Waals surface area contributed by atoms with Crippen LogP contribution in [0.4, 0.5) is 5.69 Å². The van der Waals surface area contributed by atoms with Gasteiger partial charge in [-0.1, -0.05) is 6.07 Å². The normalized spacial score (nSPS) is 20.1. The standard InChI is InChI=1S/C13H15ClN2S/c1-10-9-17-5-4-16(10)13-3-2-11(7-14)6-12(13)8-15/h2-3,6,10H,4-5,7,9H2,1H3. The van der Waals surface area contributed by atoms with Crippen molar-refractivity contribution in [1.82, 2.24) is 0 Å². The van der Waals surface area contributed by atoms with Crippen molar-refractivity contribution in [3.05, 3.63) is 29.3 Å². The molecule has 1 aliphatic rings. The maximum Gasteiger partial charge on any atom is 0.101 e. The molecule has 0 spiro atoms. The fourth-order valence-corrected chi connectivity index (χ4v) is 3.27. The third-order valence-electron chi connectivity index (χ3n) is 3.01. The molecule has 1 aromatic carbocycles. The molecule has 2 rings (SSSR count). The van der Waals surface area contributed by atoms with Crippen LogP contribution < -0.4 is 4.90 Å². The average molecular weight is 267 g/mol. The van der Waals surface area contributed by atoms with E-state index < -0.39 is 0 Å². The summed E-state index contributed by atoms with van der Waals surface area (Å²) in [5, 5.41) is 9.23. The van der Waals surface area contributed by atoms with Crippen molar-refractivity contribution in [1.29, 1.82) is 5.26 Å². The number of hydrogen-bond donors (Lipinski definition) is 0. The first-order valence-corrected chi connectivity index (χ1v) is 7.38. The molecule has 1 unspecified atom stereocenters. The van der Waals surface area contributed by atoms with Crippen LogP contribution in [0.15, 0.2) is 18.2 Å². The summed E-state index contributed by atoms with van der Waals surface area (Å²) in [5.41, 5.74) is 2.79. The largest absolute Gasteiger partial charge is 0.366 e. The van der Waals surface area contributed by atoms with Gasteiger partial charge in [-0.2, -0.15) is 17.0 Å². The molecule has 0 saturated carbocycles. The van der Waals surface area contributed by atoms with Gasteiger partial charge in [-0.3, -0.25) is 0 Å². The minimum absolute atomic E-state index is 0.459. The van der Waals surface area contributed by atoms with Gasteiger partial charge in [0.1, 0.15) is 6.07 Å². The first-order chi connectivity index (χ1) is 8.26. The van der Waals surface area contributed by atoms with Crippen molar-refractivity contribution in [2.45, 2.75) is 18.8 Å². The highest BCUT2D eigenvalue weighted by Crippen LogP contribution is 2.28. The SMILES string of the molecule is CC1CSCCN1c1ccc(CCl)cc1C#N. The van der Waals surface area contributed by atoms with Crippen LogP contribution in [0.3, 0.4) is 0 Å². The van der Waals surface area contributed by atoms with Gasteiger partial charge in [0.15, 0.2) is 0 Å². The van der Waals surface area contributed by atoms with Crippen LogP contribution in [0.5, 0.6) is 0 Å². The van der Waals surface area contributed by atoms with Gasteiger partial charge in [0, 0.05) is 30.0 Å². The highest BCUT2D eigenvalue weighted by Gasteiger charge is 2.21. The Balaban J connectivity index is 2.34. The molecule has 1 aliphatic heterocycles. The number of anilines is 1. The second kappa shape index (κ2) is 5.66. The van der Waals surface area contributed by atoms with E-state index in [1.807, 2.05) is 30.0 Å². The number of rotatable bonds is 2. The van der Waals surface area contributed by atoms with E-state index in [1.54, 1.807) is 0 Å². The van der Waals surface area contributed by atoms with Crippen LogP contribution in [0, 0.1) is 11.3 Å². The topological polar surface area (TPSA) is 27.0 Å². The zero-order valence-electron chi connectivity index (χ0n) is 9.82. The van der Waals surface area contributed by atoms with Crippen LogP contribution in [0.2, 0.25) is 0 Å². The molecule has 0 bridgehead atoms. The number of nitriles is 1. The molecule has 17 heavy (non-hydrogen) atoms. The molecule has 1 aromatic rings. The fourth-order valence-electron chi connectivity index (χ4n) is 2.09. The molecule has 0 aromatic heterocycles. The monoisotopic (exact) mass is 266 g/mol. The number of thioether (sulfide) groups is 1. The first kappa shape index (κ1) is 12.6. The second-order valence-electron chi connectivity index (χ2n) is 4.21. The Morgan fingerprint density at radius 3 is 3.06 bits per heavy atom. The molecule has 1 atom stereocenters. The molecule has 0 aliphatic carbocycles. The zero-order valence-corrected chi connectivity index (χ0v) is 11.4. The summed E-state index contributed by atoms with van der Waals surface area (Å²) >= 11 is 7.77. The van der Waals surface area contributed by atoms with Crippen LogP contribution in [0.1, 0.15) is 18.1 Å². The lowest BCUT2D eigenvalue weighted by Gasteiger charge is -2.35. The van der Waals surface area contributed by atoms with Crippen molar-refractivity contribution >= 4 is 29.1 Å². The lowest BCUT2D eigenvalue weighted by Crippen LogP contribution is -2.40. The molecule has 0 N–H and O–H groups in total. The summed E-state index contributed by atoms with van der Waals surface area (Å²) in [5.74, 6) is 2.72. The van der Waals surface area contributed by atoms with E-state index >= 15 is 0 Å². The Labute approximate surface area is 112 Å². The van der Waals surface area contributed by atoms with Crippen molar-refractivity contribution in [3.8, 4) is 6.07 Å². The Morgan fingerprint density at radius 2 is 2.41 bits per heavy atom. The van der Waals surface area contributed by atoms with E-state index in [2.05, 4.69) is 17.9 Å². The molecular weight excluding hydrogens is 252 g/mol. The molecule has 90 valence electrons. The van der Waals surface area contributed by atoms with Crippen molar-refractivity contribution < 1.29 is 0 Å². The Kier molecular flexibility index (Phi) is 4.20. The summed E-state index contributed by atoms with van der Waals surface area (Å²) < 4.78 is 0. The van der Waals surface area contributed by atoms with Gasteiger partial charge in [-0.05, 0) is 24.6 Å². The molecule has 0 amide bonds. The van der Waals surface area contributed by atoms with E-state index in [9.17, 15) is 5.26 Å². The third kappa shape index (κ3) is 2.70. The van der Waals surface area contributed by atoms with Gasteiger partial charge in [-0.25, -0.2) is 0 Å². The van der Waals surface area contributed by atoms with Crippen molar-refractivity contribution in [2.75, 3.05) is 23.0 Å². The van der Waals surface area contributed by atoms with Crippen molar-refractivity contribution in [3.63, 3.8) is 0 Å². The highest BCUT2D eigenvalue weighted by molar-refractivity contribution is 7.99. The maximum absolute atomic E-state index is 9.23. The molecule has 0 radical (unpaired) electrons. The quantitative estimate of drug-likeness (QED) is 0.769. The van der Waals surface area contributed by atoms with Gasteiger partial charge in [-0.15, -0.1) is 11.6 Å². The Bertz CT molecular complexity index is 442. The fraction of sp³-hybridized carbons (Fsp3) is 0.462. The molecule has 2 nitrogen and oxygen atoms in total. The lowest BCUT2D eigenvalue weighted by atomic mass is 10.1. The van der Waals surface area contributed by atoms with E-state index in [-0.39, 0.29) is 0 Å². The van der Waals surface area contributed by atoms with Crippen LogP contribution in [-0.2, 0) is 5.88 Å². The van der Waals surface area contributed by atoms with Gasteiger partial charge in [0.05, 0.1) is 11.3 Å². The summed E-state index contributed by atoms with van der Waals surface area (Å²) in [6, 6.07) is 8.71. The van der Waals surface area contributed by atoms with Crippen LogP contribution >= 0.6 is 23.4 Å². The minimum atomic E-state index is 0.459. The highest BCUT2D eigenvalue weighted by atomic mass is 35.5. The Hall–Kier alpha value is -0.850. The van der Waals surface area contributed by atoms with Gasteiger partial charge < -0.3 is 4.90 Å². The molecule has 1 saturated heterocycles. The van der Waals surface area contributed by atoms with Gasteiger partial charge >= 0.3 is 0 Å². The van der Waals surface area contributed by atoms with E-state index in [4.69, 9.17) is 11.6 Å². The van der Waals surface area contributed by atoms with Crippen LogP contribution in [0.25, 0.3) is 0 Å². The van der Waals surface area contributed by atoms with E-state index in [1.165, 1.54) is 0 Å². The number of benzene rings is 1. The Morgan fingerprint density at radius 1 is 1.59 bits per heavy atom. The average Bonchev–Trinajstić information content (AvgIpc) is 2.38. The number of nitrogens with zero attached hydrogens (tertiary/aromatic N) is 2. The van der Waals surface area contributed by atoms with Crippen molar-refractivity contribution in [2.24, 2.45) is 0 Å². The maximum atomic E-state index is 9.23. The van der Waals surface area contributed by atoms with E-state index in [0.29, 0.717) is 11.9 Å². The van der Waals surface area contributed by atoms with Crippen LogP contribution in [-0.4, -0.2) is 24.1 Å². The molecule has 1 heterocycles. The smallest absolute Gasteiger partial charge is 0.101 e. The summed E-state index contributed by atoms with van der Waals surface area (Å²) in [4.78, 5) is 2.33. The van der Waals surface area contributed by atoms with Gasteiger partial charge in [0.2, 0.25) is 0 Å². The number of alkyl halides is 1. The van der Waals surface area contributed by atoms with Gasteiger partial charge in [0.25, 0.3) is 0 Å². The summed E-state index contributed by atoms with van der Waals surface area (Å²) in [6.07, 6.45) is 0. The predicted molar refractivity (Wildman–Crippen MR) is 74.8 cm³/mol. The summed E-state index contributed by atoms with van der Waals surface area (Å²) in [7, 11) is 0. The van der Waals surface area contributed by atoms with E-state index in [0.717, 1.165) is 34.9 Å². The molecular formula is C13H15ClN2S. The summed E-state index contributed by atoms with van der Waals surface area (Å²) in [6.45, 7) is 3.23. The first-order valence-electron chi connectivity index (χ1n) is 5.69. The predicted octanol–water partition coefficient (Wildman–Crippen LogP) is 3.24. The number of halogens is 1. The zero-order chi connectivity index (χ0) is 12.3. The third-order valence-corrected chi connectivity index (χ3v) is 4.51. The molecule has 1 fully saturated rings. The molecule has 4 heteroatoms. The lowest BCUT2D eigenvalue weighted by molar-refractivity contribution is 0.699. The second-order valence-corrected chi connectivity index (χ2v) is 5.63. The minimum Gasteiger partial charge on any atom is -0.366 e.